The summed E-state index contributed by atoms with van der Waals surface area (Å²) in [6.07, 6.45) is 1.60. The van der Waals surface area contributed by atoms with Crippen LogP contribution in [0.15, 0.2) is 16.5 Å². The van der Waals surface area contributed by atoms with E-state index in [1.54, 1.807) is 4.90 Å². The smallest absolute Gasteiger partial charge is 0.410 e. The molecule has 2 heterocycles. The molecule has 1 aromatic heterocycles. The Labute approximate surface area is 145 Å². The van der Waals surface area contributed by atoms with Crippen LogP contribution in [-0.2, 0) is 11.3 Å². The Balaban J connectivity index is 1.81. The Morgan fingerprint density at radius 3 is 2.55 bits per heavy atom. The van der Waals surface area contributed by atoms with Crippen molar-refractivity contribution in [3.63, 3.8) is 0 Å². The molecule has 0 spiro atoms. The SMILES string of the molecule is CC1(NCc2ccc(I)o2)CCN(C(=O)OC(C)(C)C)CC1. The summed E-state index contributed by atoms with van der Waals surface area (Å²) in [7, 11) is 0. The third-order valence-corrected chi connectivity index (χ3v) is 4.42. The highest BCUT2D eigenvalue weighted by Gasteiger charge is 2.33. The van der Waals surface area contributed by atoms with E-state index < -0.39 is 5.60 Å². The number of hydrogen-bond donors (Lipinski definition) is 1. The Bertz CT molecular complexity index is 514. The molecule has 1 saturated heterocycles. The fraction of sp³-hybridized carbons (Fsp3) is 0.688. The maximum atomic E-state index is 12.1. The molecule has 124 valence electrons. The third-order valence-electron chi connectivity index (χ3n) is 3.84. The summed E-state index contributed by atoms with van der Waals surface area (Å²) in [5.74, 6) is 0.945. The zero-order chi connectivity index (χ0) is 16.4. The highest BCUT2D eigenvalue weighted by atomic mass is 127. The minimum Gasteiger partial charge on any atom is -0.454 e. The first-order valence-corrected chi connectivity index (χ1v) is 8.72. The highest BCUT2D eigenvalue weighted by Crippen LogP contribution is 2.24. The summed E-state index contributed by atoms with van der Waals surface area (Å²) in [5.41, 5.74) is -0.413. The summed E-state index contributed by atoms with van der Waals surface area (Å²) in [6.45, 7) is 10.0. The van der Waals surface area contributed by atoms with Crippen LogP contribution in [0.25, 0.3) is 0 Å². The quantitative estimate of drug-likeness (QED) is 0.757. The van der Waals surface area contributed by atoms with Crippen LogP contribution in [0.4, 0.5) is 4.79 Å². The fourth-order valence-electron chi connectivity index (χ4n) is 2.43. The van der Waals surface area contributed by atoms with Gasteiger partial charge in [0, 0.05) is 18.6 Å². The van der Waals surface area contributed by atoms with Crippen molar-refractivity contribution in [2.75, 3.05) is 13.1 Å². The lowest BCUT2D eigenvalue weighted by atomic mass is 9.89. The largest absolute Gasteiger partial charge is 0.454 e. The second-order valence-electron chi connectivity index (χ2n) is 7.09. The zero-order valence-electron chi connectivity index (χ0n) is 13.7. The molecule has 1 aromatic rings. The van der Waals surface area contributed by atoms with Gasteiger partial charge in [-0.15, -0.1) is 0 Å². The number of carbonyl (C=O) groups is 1. The van der Waals surface area contributed by atoms with Crippen molar-refractivity contribution in [3.8, 4) is 0 Å². The van der Waals surface area contributed by atoms with Crippen LogP contribution in [-0.4, -0.2) is 35.2 Å². The number of halogens is 1. The van der Waals surface area contributed by atoms with E-state index in [-0.39, 0.29) is 11.6 Å². The summed E-state index contributed by atoms with van der Waals surface area (Å²) in [5, 5.41) is 3.56. The standard InChI is InChI=1S/C16H25IN2O3/c1-15(2,3)22-14(20)19-9-7-16(4,8-10-19)18-11-12-5-6-13(17)21-12/h5-6,18H,7-11H2,1-4H3. The molecule has 22 heavy (non-hydrogen) atoms. The van der Waals surface area contributed by atoms with Gasteiger partial charge in [-0.1, -0.05) is 0 Å². The molecule has 1 fully saturated rings. The highest BCUT2D eigenvalue weighted by molar-refractivity contribution is 14.1. The second kappa shape index (κ2) is 6.78. The molecule has 0 aromatic carbocycles. The molecule has 0 atom stereocenters. The first-order valence-electron chi connectivity index (χ1n) is 7.64. The molecule has 6 heteroatoms. The van der Waals surface area contributed by atoms with Crippen molar-refractivity contribution in [2.24, 2.45) is 0 Å². The van der Waals surface area contributed by atoms with Gasteiger partial charge in [-0.3, -0.25) is 0 Å². The minimum atomic E-state index is -0.438. The predicted octanol–water partition coefficient (Wildman–Crippen LogP) is 3.76. The van der Waals surface area contributed by atoms with Crippen LogP contribution in [0.5, 0.6) is 0 Å². The van der Waals surface area contributed by atoms with E-state index in [2.05, 4.69) is 34.8 Å². The van der Waals surface area contributed by atoms with Crippen molar-refractivity contribution in [1.82, 2.24) is 10.2 Å². The van der Waals surface area contributed by atoms with Gasteiger partial charge in [0.25, 0.3) is 0 Å². The van der Waals surface area contributed by atoms with Crippen LogP contribution in [0.1, 0.15) is 46.3 Å². The van der Waals surface area contributed by atoms with E-state index in [1.165, 1.54) is 0 Å². The van der Waals surface area contributed by atoms with Crippen molar-refractivity contribution in [1.29, 1.82) is 0 Å². The number of hydrogen-bond acceptors (Lipinski definition) is 4. The predicted molar refractivity (Wildman–Crippen MR) is 93.7 cm³/mol. The van der Waals surface area contributed by atoms with Crippen LogP contribution < -0.4 is 5.32 Å². The van der Waals surface area contributed by atoms with Crippen molar-refractivity contribution in [2.45, 2.75) is 58.2 Å². The van der Waals surface area contributed by atoms with Crippen molar-refractivity contribution < 1.29 is 13.9 Å². The average Bonchev–Trinajstić information content (AvgIpc) is 2.81. The summed E-state index contributed by atoms with van der Waals surface area (Å²) >= 11 is 2.17. The van der Waals surface area contributed by atoms with E-state index >= 15 is 0 Å². The third kappa shape index (κ3) is 5.15. The Morgan fingerprint density at radius 2 is 2.05 bits per heavy atom. The Morgan fingerprint density at radius 1 is 1.41 bits per heavy atom. The Hall–Kier alpha value is -0.760. The van der Waals surface area contributed by atoms with E-state index in [0.29, 0.717) is 19.6 Å². The molecule has 1 amide bonds. The number of ether oxygens (including phenoxy) is 1. The maximum Gasteiger partial charge on any atom is 0.410 e. The summed E-state index contributed by atoms with van der Waals surface area (Å²) < 4.78 is 11.9. The topological polar surface area (TPSA) is 54.7 Å². The van der Waals surface area contributed by atoms with Crippen LogP contribution in [0.3, 0.4) is 0 Å². The van der Waals surface area contributed by atoms with Crippen LogP contribution in [0.2, 0.25) is 0 Å². The van der Waals surface area contributed by atoms with Gasteiger partial charge in [0.2, 0.25) is 0 Å². The van der Waals surface area contributed by atoms with Crippen molar-refractivity contribution >= 4 is 28.7 Å². The molecule has 5 nitrogen and oxygen atoms in total. The molecule has 0 saturated carbocycles. The van der Waals surface area contributed by atoms with Gasteiger partial charge >= 0.3 is 6.09 Å². The van der Waals surface area contributed by atoms with E-state index in [4.69, 9.17) is 9.15 Å². The van der Waals surface area contributed by atoms with E-state index in [1.807, 2.05) is 32.9 Å². The molecular weight excluding hydrogens is 395 g/mol. The Kier molecular flexibility index (Phi) is 5.42. The number of carbonyl (C=O) groups excluding carboxylic acids is 1. The number of likely N-dealkylation sites (tertiary alicyclic amines) is 1. The molecule has 0 bridgehead atoms. The van der Waals surface area contributed by atoms with Gasteiger partial charge in [0.05, 0.1) is 6.54 Å². The van der Waals surface area contributed by atoms with Gasteiger partial charge in [-0.05, 0) is 75.3 Å². The fourth-order valence-corrected chi connectivity index (χ4v) is 2.90. The first-order chi connectivity index (χ1) is 10.2. The van der Waals surface area contributed by atoms with Gasteiger partial charge in [0.15, 0.2) is 3.77 Å². The molecule has 0 radical (unpaired) electrons. The summed E-state index contributed by atoms with van der Waals surface area (Å²) in [6, 6.07) is 3.96. The molecule has 0 aliphatic carbocycles. The van der Waals surface area contributed by atoms with Gasteiger partial charge in [0.1, 0.15) is 11.4 Å². The van der Waals surface area contributed by atoms with Gasteiger partial charge in [-0.2, -0.15) is 0 Å². The zero-order valence-corrected chi connectivity index (χ0v) is 15.9. The molecule has 1 N–H and O–H groups in total. The van der Waals surface area contributed by atoms with Gasteiger partial charge < -0.3 is 19.4 Å². The number of furan rings is 1. The number of nitrogens with zero attached hydrogens (tertiary/aromatic N) is 1. The molecule has 1 aliphatic heterocycles. The molecule has 1 aliphatic rings. The number of amides is 1. The lowest BCUT2D eigenvalue weighted by Gasteiger charge is -2.40. The van der Waals surface area contributed by atoms with E-state index in [0.717, 1.165) is 22.4 Å². The molecule has 0 unspecified atom stereocenters. The summed E-state index contributed by atoms with van der Waals surface area (Å²) in [4.78, 5) is 13.9. The van der Waals surface area contributed by atoms with Crippen LogP contribution in [0, 0.1) is 3.77 Å². The maximum absolute atomic E-state index is 12.1. The molecule has 2 rings (SSSR count). The lowest BCUT2D eigenvalue weighted by Crippen LogP contribution is -2.53. The van der Waals surface area contributed by atoms with E-state index in [9.17, 15) is 4.79 Å². The molecular formula is C16H25IN2O3. The normalized spacial score (nSPS) is 18.3. The van der Waals surface area contributed by atoms with Gasteiger partial charge in [-0.25, -0.2) is 4.79 Å². The van der Waals surface area contributed by atoms with Crippen LogP contribution >= 0.6 is 22.6 Å². The number of piperidine rings is 1. The van der Waals surface area contributed by atoms with Crippen molar-refractivity contribution in [3.05, 3.63) is 21.7 Å². The number of rotatable bonds is 3. The number of nitrogens with one attached hydrogen (secondary N) is 1. The monoisotopic (exact) mass is 420 g/mol. The average molecular weight is 420 g/mol. The second-order valence-corrected chi connectivity index (χ2v) is 8.15. The first kappa shape index (κ1) is 17.6. The lowest BCUT2D eigenvalue weighted by molar-refractivity contribution is 0.0155. The minimum absolute atomic E-state index is 0.0245.